The summed E-state index contributed by atoms with van der Waals surface area (Å²) in [5.41, 5.74) is 5.61. The molecule has 0 heterocycles. The minimum absolute atomic E-state index is 0.198. The lowest BCUT2D eigenvalue weighted by Crippen LogP contribution is -2.10. The number of thioether (sulfide) groups is 1. The van der Waals surface area contributed by atoms with Gasteiger partial charge in [0.1, 0.15) is 0 Å². The Morgan fingerprint density at radius 3 is 2.14 bits per heavy atom. The standard InChI is InChI=1S/C20H26S/c1-15(2)21-14-16-9-11-17(12-10-16)18-7-6-8-19(13-18)20(3,4)5/h6-13,15H,14H2,1-5H3. The third-order valence-corrected chi connectivity index (χ3v) is 4.77. The fourth-order valence-electron chi connectivity index (χ4n) is 2.22. The van der Waals surface area contributed by atoms with Gasteiger partial charge in [-0.1, -0.05) is 83.1 Å². The maximum Gasteiger partial charge on any atom is 0.0187 e. The Morgan fingerprint density at radius 1 is 0.905 bits per heavy atom. The summed E-state index contributed by atoms with van der Waals surface area (Å²) in [6.45, 7) is 11.3. The predicted molar refractivity (Wildman–Crippen MR) is 97.0 cm³/mol. The van der Waals surface area contributed by atoms with Crippen LogP contribution in [0.2, 0.25) is 0 Å². The van der Waals surface area contributed by atoms with Gasteiger partial charge in [-0.25, -0.2) is 0 Å². The molecule has 0 unspecified atom stereocenters. The second-order valence-corrected chi connectivity index (χ2v) is 8.45. The van der Waals surface area contributed by atoms with Crippen molar-refractivity contribution in [2.75, 3.05) is 0 Å². The highest BCUT2D eigenvalue weighted by molar-refractivity contribution is 7.99. The van der Waals surface area contributed by atoms with Crippen LogP contribution in [0.25, 0.3) is 11.1 Å². The van der Waals surface area contributed by atoms with Crippen LogP contribution in [0.3, 0.4) is 0 Å². The summed E-state index contributed by atoms with van der Waals surface area (Å²) < 4.78 is 0. The maximum atomic E-state index is 2.32. The summed E-state index contributed by atoms with van der Waals surface area (Å²) in [4.78, 5) is 0. The van der Waals surface area contributed by atoms with Crippen LogP contribution in [0.5, 0.6) is 0 Å². The summed E-state index contributed by atoms with van der Waals surface area (Å²) >= 11 is 1.99. The molecular weight excluding hydrogens is 272 g/mol. The average molecular weight is 298 g/mol. The van der Waals surface area contributed by atoms with Crippen LogP contribution >= 0.6 is 11.8 Å². The topological polar surface area (TPSA) is 0 Å². The average Bonchev–Trinajstić information content (AvgIpc) is 2.45. The van der Waals surface area contributed by atoms with Crippen molar-refractivity contribution in [3.05, 3.63) is 59.7 Å². The van der Waals surface area contributed by atoms with E-state index in [4.69, 9.17) is 0 Å². The van der Waals surface area contributed by atoms with Gasteiger partial charge >= 0.3 is 0 Å². The Labute approximate surface area is 134 Å². The summed E-state index contributed by atoms with van der Waals surface area (Å²) in [6, 6.07) is 17.9. The zero-order chi connectivity index (χ0) is 15.5. The van der Waals surface area contributed by atoms with Crippen LogP contribution in [0.15, 0.2) is 48.5 Å². The first-order valence-electron chi connectivity index (χ1n) is 7.68. The summed E-state index contributed by atoms with van der Waals surface area (Å²) in [5.74, 6) is 1.10. The van der Waals surface area contributed by atoms with Gasteiger partial charge in [0.2, 0.25) is 0 Å². The van der Waals surface area contributed by atoms with Gasteiger partial charge in [-0.2, -0.15) is 11.8 Å². The van der Waals surface area contributed by atoms with Gasteiger partial charge in [-0.3, -0.25) is 0 Å². The molecule has 0 aliphatic heterocycles. The second kappa shape index (κ2) is 6.70. The normalized spacial score (nSPS) is 11.9. The van der Waals surface area contributed by atoms with Gasteiger partial charge in [0.25, 0.3) is 0 Å². The molecule has 0 bridgehead atoms. The minimum atomic E-state index is 0.198. The Morgan fingerprint density at radius 2 is 1.57 bits per heavy atom. The smallest absolute Gasteiger partial charge is 0.0187 e. The monoisotopic (exact) mass is 298 g/mol. The van der Waals surface area contributed by atoms with E-state index in [9.17, 15) is 0 Å². The molecule has 0 aliphatic rings. The molecule has 0 spiro atoms. The van der Waals surface area contributed by atoms with Crippen molar-refractivity contribution in [2.24, 2.45) is 0 Å². The molecule has 112 valence electrons. The van der Waals surface area contributed by atoms with Gasteiger partial charge < -0.3 is 0 Å². The van der Waals surface area contributed by atoms with Crippen molar-refractivity contribution in [1.29, 1.82) is 0 Å². The molecule has 2 aromatic carbocycles. The van der Waals surface area contributed by atoms with E-state index < -0.39 is 0 Å². The Kier molecular flexibility index (Phi) is 5.16. The van der Waals surface area contributed by atoms with Crippen molar-refractivity contribution in [3.8, 4) is 11.1 Å². The number of benzene rings is 2. The van der Waals surface area contributed by atoms with Gasteiger partial charge in [0, 0.05) is 5.75 Å². The van der Waals surface area contributed by atoms with Crippen molar-refractivity contribution in [3.63, 3.8) is 0 Å². The summed E-state index contributed by atoms with van der Waals surface area (Å²) in [5, 5.41) is 0.688. The fraction of sp³-hybridized carbons (Fsp3) is 0.400. The van der Waals surface area contributed by atoms with Gasteiger partial charge in [0.15, 0.2) is 0 Å². The molecular formula is C20H26S. The molecule has 0 aromatic heterocycles. The first-order valence-corrected chi connectivity index (χ1v) is 8.72. The van der Waals surface area contributed by atoms with Crippen LogP contribution in [0.1, 0.15) is 45.7 Å². The number of hydrogen-bond acceptors (Lipinski definition) is 1. The van der Waals surface area contributed by atoms with E-state index >= 15 is 0 Å². The van der Waals surface area contributed by atoms with Gasteiger partial charge in [-0.05, 0) is 32.9 Å². The molecule has 0 saturated heterocycles. The van der Waals surface area contributed by atoms with Gasteiger partial charge in [-0.15, -0.1) is 0 Å². The largest absolute Gasteiger partial charge is 0.154 e. The van der Waals surface area contributed by atoms with E-state index in [-0.39, 0.29) is 5.41 Å². The Hall–Kier alpha value is -1.21. The van der Waals surface area contributed by atoms with Crippen molar-refractivity contribution >= 4 is 11.8 Å². The van der Waals surface area contributed by atoms with Crippen molar-refractivity contribution < 1.29 is 0 Å². The van der Waals surface area contributed by atoms with E-state index in [2.05, 4.69) is 83.1 Å². The molecule has 0 atom stereocenters. The molecule has 2 rings (SSSR count). The fourth-order valence-corrected chi connectivity index (χ4v) is 2.94. The molecule has 0 aliphatic carbocycles. The first kappa shape index (κ1) is 16.2. The minimum Gasteiger partial charge on any atom is -0.154 e. The van der Waals surface area contributed by atoms with Crippen molar-refractivity contribution in [1.82, 2.24) is 0 Å². The second-order valence-electron chi connectivity index (χ2n) is 6.89. The summed E-state index contributed by atoms with van der Waals surface area (Å²) in [6.07, 6.45) is 0. The zero-order valence-electron chi connectivity index (χ0n) is 13.8. The molecule has 0 saturated carbocycles. The lowest BCUT2D eigenvalue weighted by Gasteiger charge is -2.19. The maximum absolute atomic E-state index is 2.32. The van der Waals surface area contributed by atoms with Crippen LogP contribution in [-0.2, 0) is 11.2 Å². The summed E-state index contributed by atoms with van der Waals surface area (Å²) in [7, 11) is 0. The molecule has 2 aromatic rings. The molecule has 0 radical (unpaired) electrons. The number of hydrogen-bond donors (Lipinski definition) is 0. The molecule has 21 heavy (non-hydrogen) atoms. The quantitative estimate of drug-likeness (QED) is 0.639. The Bertz CT molecular complexity index is 574. The van der Waals surface area contributed by atoms with Crippen molar-refractivity contribution in [2.45, 2.75) is 51.0 Å². The van der Waals surface area contributed by atoms with E-state index in [1.165, 1.54) is 22.3 Å². The number of rotatable bonds is 4. The molecule has 0 N–H and O–H groups in total. The first-order chi connectivity index (χ1) is 9.86. The SMILES string of the molecule is CC(C)SCc1ccc(-c2cccc(C(C)(C)C)c2)cc1. The Balaban J connectivity index is 2.19. The van der Waals surface area contributed by atoms with Crippen LogP contribution < -0.4 is 0 Å². The van der Waals surface area contributed by atoms with Crippen LogP contribution in [0.4, 0.5) is 0 Å². The van der Waals surface area contributed by atoms with E-state index in [0.29, 0.717) is 5.25 Å². The van der Waals surface area contributed by atoms with E-state index in [0.717, 1.165) is 5.75 Å². The highest BCUT2D eigenvalue weighted by atomic mass is 32.2. The molecule has 0 fully saturated rings. The zero-order valence-corrected chi connectivity index (χ0v) is 14.6. The third-order valence-electron chi connectivity index (χ3n) is 3.60. The lowest BCUT2D eigenvalue weighted by atomic mass is 9.85. The third kappa shape index (κ3) is 4.64. The molecule has 1 heteroatoms. The molecule has 0 amide bonds. The van der Waals surface area contributed by atoms with Crippen LogP contribution in [-0.4, -0.2) is 5.25 Å². The van der Waals surface area contributed by atoms with E-state index in [1.807, 2.05) is 11.8 Å². The lowest BCUT2D eigenvalue weighted by molar-refractivity contribution is 0.590. The van der Waals surface area contributed by atoms with E-state index in [1.54, 1.807) is 0 Å². The van der Waals surface area contributed by atoms with Crippen LogP contribution in [0, 0.1) is 0 Å². The highest BCUT2D eigenvalue weighted by Gasteiger charge is 2.13. The molecule has 0 nitrogen and oxygen atoms in total. The van der Waals surface area contributed by atoms with Gasteiger partial charge in [0.05, 0.1) is 0 Å². The predicted octanol–water partition coefficient (Wildman–Crippen LogP) is 6.29. The highest BCUT2D eigenvalue weighted by Crippen LogP contribution is 2.28.